The molecule has 0 fully saturated rings. The highest BCUT2D eigenvalue weighted by molar-refractivity contribution is 9.10. The van der Waals surface area contributed by atoms with Gasteiger partial charge in [-0.2, -0.15) is 22.3 Å². The average Bonchev–Trinajstić information content (AvgIpc) is 2.80. The number of carbonyl (C=O) groups excluding carboxylic acids is 1. The van der Waals surface area contributed by atoms with Crippen LogP contribution in [0.5, 0.6) is 0 Å². The number of aryl methyl sites for hydroxylation is 1. The Balaban J connectivity index is 2.36. The van der Waals surface area contributed by atoms with Gasteiger partial charge >= 0.3 is 6.18 Å². The van der Waals surface area contributed by atoms with E-state index in [1.165, 1.54) is 10.8 Å². The molecule has 2 aromatic heterocycles. The van der Waals surface area contributed by atoms with Crippen LogP contribution in [-0.4, -0.2) is 36.1 Å². The predicted octanol–water partition coefficient (Wildman–Crippen LogP) is 2.94. The van der Waals surface area contributed by atoms with Crippen LogP contribution in [0, 0.1) is 11.8 Å². The van der Waals surface area contributed by atoms with Gasteiger partial charge in [0.2, 0.25) is 16.0 Å². The largest absolute Gasteiger partial charge is 0.404 e. The smallest absolute Gasteiger partial charge is 0.343 e. The number of nitrogens with one attached hydrogen (secondary N) is 2. The van der Waals surface area contributed by atoms with Crippen molar-refractivity contribution in [1.82, 2.24) is 14.3 Å². The van der Waals surface area contributed by atoms with Gasteiger partial charge in [-0.25, -0.2) is 17.8 Å². The maximum Gasteiger partial charge on any atom is 0.404 e. The number of alkyl halides is 3. The molecule has 0 radical (unpaired) electrons. The molecule has 7 nitrogen and oxygen atoms in total. The standard InChI is InChI=1S/C14H12BrF5N4O3S/c1-6(14(18,19)20)23-28(26,27)8-5-24(2)12(11(8)17)13(25)21-7-3-9(15)22-10(16)4-7/h3-6,23H,1-2H3,(H,21,22,25). The van der Waals surface area contributed by atoms with E-state index in [-0.39, 0.29) is 10.3 Å². The lowest BCUT2D eigenvalue weighted by Gasteiger charge is -2.16. The number of amides is 1. The number of anilines is 1. The highest BCUT2D eigenvalue weighted by Gasteiger charge is 2.40. The average molecular weight is 491 g/mol. The Morgan fingerprint density at radius 3 is 2.43 bits per heavy atom. The molecule has 1 atom stereocenters. The summed E-state index contributed by atoms with van der Waals surface area (Å²) < 4.78 is 91.9. The first-order valence-electron chi connectivity index (χ1n) is 7.30. The van der Waals surface area contributed by atoms with E-state index in [4.69, 9.17) is 0 Å². The molecule has 2 rings (SSSR count). The number of carbonyl (C=O) groups is 1. The lowest BCUT2D eigenvalue weighted by atomic mass is 10.3. The monoisotopic (exact) mass is 490 g/mol. The van der Waals surface area contributed by atoms with E-state index in [0.717, 1.165) is 17.7 Å². The second kappa shape index (κ2) is 7.75. The fourth-order valence-electron chi connectivity index (χ4n) is 2.11. The molecule has 2 N–H and O–H groups in total. The zero-order valence-corrected chi connectivity index (χ0v) is 16.5. The number of hydrogen-bond acceptors (Lipinski definition) is 4. The quantitative estimate of drug-likeness (QED) is 0.497. The van der Waals surface area contributed by atoms with Gasteiger partial charge < -0.3 is 9.88 Å². The van der Waals surface area contributed by atoms with Crippen molar-refractivity contribution in [2.24, 2.45) is 7.05 Å². The van der Waals surface area contributed by atoms with E-state index < -0.39 is 50.5 Å². The van der Waals surface area contributed by atoms with Gasteiger partial charge in [-0.3, -0.25) is 4.79 Å². The van der Waals surface area contributed by atoms with Crippen molar-refractivity contribution >= 4 is 37.5 Å². The van der Waals surface area contributed by atoms with Gasteiger partial charge in [0, 0.05) is 25.0 Å². The molecule has 2 heterocycles. The fourth-order valence-corrected chi connectivity index (χ4v) is 3.88. The Kier molecular flexibility index (Phi) is 6.16. The highest BCUT2D eigenvalue weighted by Crippen LogP contribution is 2.25. The van der Waals surface area contributed by atoms with Crippen molar-refractivity contribution in [3.8, 4) is 0 Å². The van der Waals surface area contributed by atoms with Crippen molar-refractivity contribution in [1.29, 1.82) is 0 Å². The third-order valence-electron chi connectivity index (χ3n) is 3.44. The van der Waals surface area contributed by atoms with Gasteiger partial charge in [0.25, 0.3) is 5.91 Å². The number of halogens is 6. The molecule has 14 heteroatoms. The molecular weight excluding hydrogens is 479 g/mol. The van der Waals surface area contributed by atoms with Crippen LogP contribution in [0.4, 0.5) is 27.6 Å². The molecule has 1 amide bonds. The van der Waals surface area contributed by atoms with Gasteiger partial charge in [0.1, 0.15) is 21.2 Å². The Bertz CT molecular complexity index is 1000. The summed E-state index contributed by atoms with van der Waals surface area (Å²) >= 11 is 2.90. The SMILES string of the molecule is CC(NS(=O)(=O)c1cn(C)c(C(=O)Nc2cc(F)nc(Br)c2)c1F)C(F)(F)F. The van der Waals surface area contributed by atoms with E-state index in [2.05, 4.69) is 26.2 Å². The summed E-state index contributed by atoms with van der Waals surface area (Å²) in [6.07, 6.45) is -4.24. The van der Waals surface area contributed by atoms with Gasteiger partial charge in [-0.1, -0.05) is 0 Å². The molecule has 0 aliphatic heterocycles. The minimum Gasteiger partial charge on any atom is -0.343 e. The van der Waals surface area contributed by atoms with Crippen molar-refractivity contribution in [3.63, 3.8) is 0 Å². The van der Waals surface area contributed by atoms with Crippen LogP contribution < -0.4 is 10.0 Å². The van der Waals surface area contributed by atoms with Crippen LogP contribution in [0.1, 0.15) is 17.4 Å². The summed E-state index contributed by atoms with van der Waals surface area (Å²) in [4.78, 5) is 14.5. The molecule has 28 heavy (non-hydrogen) atoms. The van der Waals surface area contributed by atoms with Gasteiger partial charge in [0.15, 0.2) is 5.82 Å². The second-order valence-electron chi connectivity index (χ2n) is 5.61. The zero-order chi connectivity index (χ0) is 21.4. The minimum absolute atomic E-state index is 0.0313. The molecule has 0 saturated heterocycles. The van der Waals surface area contributed by atoms with Crippen LogP contribution in [0.25, 0.3) is 0 Å². The molecule has 154 valence electrons. The Morgan fingerprint density at radius 2 is 1.89 bits per heavy atom. The van der Waals surface area contributed by atoms with Crippen molar-refractivity contribution in [2.45, 2.75) is 24.0 Å². The number of sulfonamides is 1. The Labute approximate surface area is 164 Å². The number of aromatic nitrogens is 2. The molecule has 2 aromatic rings. The summed E-state index contributed by atoms with van der Waals surface area (Å²) in [5.41, 5.74) is -0.897. The van der Waals surface area contributed by atoms with E-state index in [0.29, 0.717) is 13.1 Å². The first kappa shape index (κ1) is 22.2. The lowest BCUT2D eigenvalue weighted by molar-refractivity contribution is -0.147. The molecule has 0 aliphatic carbocycles. The van der Waals surface area contributed by atoms with Gasteiger partial charge in [0.05, 0.1) is 0 Å². The molecule has 1 unspecified atom stereocenters. The number of nitrogens with zero attached hydrogens (tertiary/aromatic N) is 2. The Hall–Kier alpha value is -2.06. The van der Waals surface area contributed by atoms with Crippen molar-refractivity contribution in [2.75, 3.05) is 5.32 Å². The molecule has 0 aliphatic rings. The van der Waals surface area contributed by atoms with Gasteiger partial charge in [-0.05, 0) is 28.9 Å². The molecule has 0 spiro atoms. The third kappa shape index (κ3) is 4.86. The maximum absolute atomic E-state index is 14.6. The highest BCUT2D eigenvalue weighted by atomic mass is 79.9. The molecule has 0 saturated carbocycles. The van der Waals surface area contributed by atoms with Crippen LogP contribution in [-0.2, 0) is 17.1 Å². The summed E-state index contributed by atoms with van der Waals surface area (Å²) in [5.74, 6) is -3.66. The first-order valence-corrected chi connectivity index (χ1v) is 9.58. The second-order valence-corrected chi connectivity index (χ2v) is 8.10. The summed E-state index contributed by atoms with van der Waals surface area (Å²) in [6.45, 7) is 0.544. The van der Waals surface area contributed by atoms with Crippen LogP contribution in [0.2, 0.25) is 0 Å². The Morgan fingerprint density at radius 1 is 1.29 bits per heavy atom. The van der Waals surface area contributed by atoms with Crippen LogP contribution in [0.3, 0.4) is 0 Å². The zero-order valence-electron chi connectivity index (χ0n) is 14.1. The molecular formula is C14H12BrF5N4O3S. The number of hydrogen-bond donors (Lipinski definition) is 2. The number of rotatable bonds is 5. The summed E-state index contributed by atoms with van der Waals surface area (Å²) in [6, 6.07) is -0.453. The maximum atomic E-state index is 14.6. The third-order valence-corrected chi connectivity index (χ3v) is 5.37. The molecule has 0 aromatic carbocycles. The van der Waals surface area contributed by atoms with Crippen LogP contribution >= 0.6 is 15.9 Å². The predicted molar refractivity (Wildman–Crippen MR) is 91.1 cm³/mol. The van der Waals surface area contributed by atoms with Crippen LogP contribution in [0.15, 0.2) is 27.8 Å². The van der Waals surface area contributed by atoms with E-state index in [9.17, 15) is 35.2 Å². The summed E-state index contributed by atoms with van der Waals surface area (Å²) in [7, 11) is -3.80. The van der Waals surface area contributed by atoms with Crippen molar-refractivity contribution in [3.05, 3.63) is 40.4 Å². The van der Waals surface area contributed by atoms with Crippen molar-refractivity contribution < 1.29 is 35.2 Å². The normalized spacial score (nSPS) is 13.4. The fraction of sp³-hybridized carbons (Fsp3) is 0.286. The minimum atomic E-state index is -4.92. The summed E-state index contributed by atoms with van der Waals surface area (Å²) in [5, 5.41) is 2.15. The topological polar surface area (TPSA) is 93.1 Å². The molecule has 0 bridgehead atoms. The van der Waals surface area contributed by atoms with E-state index >= 15 is 0 Å². The van der Waals surface area contributed by atoms with E-state index in [1.54, 1.807) is 0 Å². The van der Waals surface area contributed by atoms with Gasteiger partial charge in [-0.15, -0.1) is 0 Å². The number of pyridine rings is 1. The lowest BCUT2D eigenvalue weighted by Crippen LogP contribution is -2.43. The van der Waals surface area contributed by atoms with E-state index in [1.807, 2.05) is 0 Å². The first-order chi connectivity index (χ1) is 12.7.